The molecule has 1 aliphatic heterocycles. The zero-order valence-electron chi connectivity index (χ0n) is 17.8. The van der Waals surface area contributed by atoms with Gasteiger partial charge in [0.1, 0.15) is 29.1 Å². The first-order chi connectivity index (χ1) is 14.7. The molecule has 0 saturated carbocycles. The number of aryl methyl sites for hydroxylation is 1. The van der Waals surface area contributed by atoms with Crippen LogP contribution in [0.1, 0.15) is 41.6 Å². The van der Waals surface area contributed by atoms with E-state index in [9.17, 15) is 0 Å². The molecule has 30 heavy (non-hydrogen) atoms. The Hall–Kier alpha value is -3.14. The zero-order chi connectivity index (χ0) is 20.9. The lowest BCUT2D eigenvalue weighted by Gasteiger charge is -2.33. The van der Waals surface area contributed by atoms with E-state index in [1.807, 2.05) is 36.4 Å². The lowest BCUT2D eigenvalue weighted by atomic mass is 9.83. The standard InChI is InChI=1S/C26H28O4/c1-27-21-10-5-18(6-11-21)4-7-20-16-25(19-8-12-22(28-2)13-9-19)30-26-17-23(29-3)14-15-24(20)26/h5-6,8-15,17,20,25H,4,7,16H2,1-3H3. The van der Waals surface area contributed by atoms with Gasteiger partial charge in [-0.3, -0.25) is 0 Å². The zero-order valence-corrected chi connectivity index (χ0v) is 17.8. The van der Waals surface area contributed by atoms with E-state index in [0.29, 0.717) is 5.92 Å². The fraction of sp³-hybridized carbons (Fsp3) is 0.308. The highest BCUT2D eigenvalue weighted by Gasteiger charge is 2.29. The van der Waals surface area contributed by atoms with Gasteiger partial charge in [0.2, 0.25) is 0 Å². The number of benzene rings is 3. The van der Waals surface area contributed by atoms with E-state index in [1.165, 1.54) is 16.7 Å². The lowest BCUT2D eigenvalue weighted by Crippen LogP contribution is -2.20. The summed E-state index contributed by atoms with van der Waals surface area (Å²) in [5.74, 6) is 3.89. The van der Waals surface area contributed by atoms with E-state index >= 15 is 0 Å². The minimum absolute atomic E-state index is 0.0105. The molecule has 0 radical (unpaired) electrons. The Balaban J connectivity index is 1.57. The second-order valence-corrected chi connectivity index (χ2v) is 7.60. The second-order valence-electron chi connectivity index (χ2n) is 7.60. The molecule has 156 valence electrons. The molecule has 1 heterocycles. The average molecular weight is 405 g/mol. The molecule has 3 aromatic carbocycles. The first-order valence-electron chi connectivity index (χ1n) is 10.3. The molecular weight excluding hydrogens is 376 g/mol. The lowest BCUT2D eigenvalue weighted by molar-refractivity contribution is 0.157. The number of fused-ring (bicyclic) bond motifs is 1. The highest BCUT2D eigenvalue weighted by molar-refractivity contribution is 5.45. The molecule has 4 nitrogen and oxygen atoms in total. The second kappa shape index (κ2) is 9.12. The van der Waals surface area contributed by atoms with Crippen molar-refractivity contribution in [2.24, 2.45) is 0 Å². The van der Waals surface area contributed by atoms with E-state index in [2.05, 4.69) is 30.3 Å². The van der Waals surface area contributed by atoms with Crippen LogP contribution >= 0.6 is 0 Å². The fourth-order valence-electron chi connectivity index (χ4n) is 4.10. The van der Waals surface area contributed by atoms with Gasteiger partial charge >= 0.3 is 0 Å². The number of hydrogen-bond acceptors (Lipinski definition) is 4. The third-order valence-corrected chi connectivity index (χ3v) is 5.86. The molecular formula is C26H28O4. The summed E-state index contributed by atoms with van der Waals surface area (Å²) in [6, 6.07) is 22.7. The van der Waals surface area contributed by atoms with Crippen molar-refractivity contribution < 1.29 is 18.9 Å². The van der Waals surface area contributed by atoms with Crippen LogP contribution in [0.5, 0.6) is 23.0 Å². The summed E-state index contributed by atoms with van der Waals surface area (Å²) in [5.41, 5.74) is 3.74. The monoisotopic (exact) mass is 404 g/mol. The predicted molar refractivity (Wildman–Crippen MR) is 118 cm³/mol. The number of rotatable bonds is 7. The van der Waals surface area contributed by atoms with Crippen LogP contribution in [0.2, 0.25) is 0 Å². The first kappa shape index (κ1) is 20.1. The Morgan fingerprint density at radius 1 is 0.767 bits per heavy atom. The van der Waals surface area contributed by atoms with Gasteiger partial charge in [-0.2, -0.15) is 0 Å². The van der Waals surface area contributed by atoms with E-state index in [1.54, 1.807) is 21.3 Å². The fourth-order valence-corrected chi connectivity index (χ4v) is 4.10. The quantitative estimate of drug-likeness (QED) is 0.487. The number of hydrogen-bond donors (Lipinski definition) is 0. The van der Waals surface area contributed by atoms with Gasteiger partial charge < -0.3 is 18.9 Å². The highest BCUT2D eigenvalue weighted by Crippen LogP contribution is 2.45. The molecule has 2 atom stereocenters. The topological polar surface area (TPSA) is 36.9 Å². The molecule has 4 rings (SSSR count). The molecule has 0 N–H and O–H groups in total. The van der Waals surface area contributed by atoms with Crippen LogP contribution in [0.25, 0.3) is 0 Å². The summed E-state index contributed by atoms with van der Waals surface area (Å²) in [6.07, 6.45) is 3.02. The van der Waals surface area contributed by atoms with Gasteiger partial charge in [0.05, 0.1) is 21.3 Å². The van der Waals surface area contributed by atoms with Crippen LogP contribution < -0.4 is 18.9 Å². The Labute approximate surface area is 178 Å². The SMILES string of the molecule is COc1ccc(CCC2CC(c3ccc(OC)cc3)Oc3cc(OC)ccc32)cc1. The smallest absolute Gasteiger partial charge is 0.127 e. The van der Waals surface area contributed by atoms with Crippen molar-refractivity contribution in [2.75, 3.05) is 21.3 Å². The van der Waals surface area contributed by atoms with Crippen molar-refractivity contribution in [2.45, 2.75) is 31.3 Å². The van der Waals surface area contributed by atoms with Crippen molar-refractivity contribution in [1.82, 2.24) is 0 Å². The van der Waals surface area contributed by atoms with Crippen LogP contribution in [0.3, 0.4) is 0 Å². The number of methoxy groups -OCH3 is 3. The van der Waals surface area contributed by atoms with Gasteiger partial charge in [-0.15, -0.1) is 0 Å². The maximum atomic E-state index is 6.41. The summed E-state index contributed by atoms with van der Waals surface area (Å²) in [6.45, 7) is 0. The van der Waals surface area contributed by atoms with Crippen molar-refractivity contribution in [1.29, 1.82) is 0 Å². The molecule has 1 aliphatic rings. The van der Waals surface area contributed by atoms with Gasteiger partial charge in [0, 0.05) is 6.07 Å². The maximum Gasteiger partial charge on any atom is 0.127 e. The molecule has 3 aromatic rings. The van der Waals surface area contributed by atoms with Crippen LogP contribution in [-0.2, 0) is 6.42 Å². The Kier molecular flexibility index (Phi) is 6.12. The highest BCUT2D eigenvalue weighted by atomic mass is 16.5. The summed E-state index contributed by atoms with van der Waals surface area (Å²) >= 11 is 0. The van der Waals surface area contributed by atoms with Crippen molar-refractivity contribution >= 4 is 0 Å². The van der Waals surface area contributed by atoms with Crippen LogP contribution in [-0.4, -0.2) is 21.3 Å². The normalized spacial score (nSPS) is 17.6. The van der Waals surface area contributed by atoms with E-state index < -0.39 is 0 Å². The molecule has 0 aromatic heterocycles. The van der Waals surface area contributed by atoms with Crippen molar-refractivity contribution in [3.05, 3.63) is 83.4 Å². The first-order valence-corrected chi connectivity index (χ1v) is 10.3. The van der Waals surface area contributed by atoms with Gasteiger partial charge in [-0.05, 0) is 72.2 Å². The van der Waals surface area contributed by atoms with Gasteiger partial charge in [-0.25, -0.2) is 0 Å². The average Bonchev–Trinajstić information content (AvgIpc) is 2.82. The Morgan fingerprint density at radius 3 is 2.00 bits per heavy atom. The van der Waals surface area contributed by atoms with Crippen molar-refractivity contribution in [3.63, 3.8) is 0 Å². The van der Waals surface area contributed by atoms with E-state index in [0.717, 1.165) is 42.3 Å². The summed E-state index contributed by atoms with van der Waals surface area (Å²) in [4.78, 5) is 0. The molecule has 0 fully saturated rings. The van der Waals surface area contributed by atoms with Gasteiger partial charge in [0.15, 0.2) is 0 Å². The van der Waals surface area contributed by atoms with Gasteiger partial charge in [-0.1, -0.05) is 30.3 Å². The minimum Gasteiger partial charge on any atom is -0.497 e. The van der Waals surface area contributed by atoms with Crippen molar-refractivity contribution in [3.8, 4) is 23.0 Å². The largest absolute Gasteiger partial charge is 0.497 e. The van der Waals surface area contributed by atoms with Crippen LogP contribution in [0.15, 0.2) is 66.7 Å². The molecule has 0 bridgehead atoms. The van der Waals surface area contributed by atoms with E-state index in [-0.39, 0.29) is 6.10 Å². The summed E-state index contributed by atoms with van der Waals surface area (Å²) in [7, 11) is 5.07. The predicted octanol–water partition coefficient (Wildman–Crippen LogP) is 5.95. The molecule has 0 saturated heterocycles. The molecule has 0 aliphatic carbocycles. The maximum absolute atomic E-state index is 6.41. The number of ether oxygens (including phenoxy) is 4. The molecule has 0 spiro atoms. The van der Waals surface area contributed by atoms with E-state index in [4.69, 9.17) is 18.9 Å². The molecule has 0 amide bonds. The molecule has 4 heteroatoms. The minimum atomic E-state index is 0.0105. The van der Waals surface area contributed by atoms with Crippen LogP contribution in [0.4, 0.5) is 0 Å². The van der Waals surface area contributed by atoms with Crippen LogP contribution in [0, 0.1) is 0 Å². The summed E-state index contributed by atoms with van der Waals surface area (Å²) < 4.78 is 22.4. The third-order valence-electron chi connectivity index (χ3n) is 5.86. The Morgan fingerprint density at radius 2 is 1.37 bits per heavy atom. The van der Waals surface area contributed by atoms with Gasteiger partial charge in [0.25, 0.3) is 0 Å². The Bertz CT molecular complexity index is 963. The third kappa shape index (κ3) is 4.38. The molecule has 2 unspecified atom stereocenters. The summed E-state index contributed by atoms with van der Waals surface area (Å²) in [5, 5.41) is 0.